The first-order chi connectivity index (χ1) is 20.5. The molecule has 0 fully saturated rings. The summed E-state index contributed by atoms with van der Waals surface area (Å²) in [6.45, 7) is 8.45. The molecule has 240 valence electrons. The van der Waals surface area contributed by atoms with Gasteiger partial charge in [0.25, 0.3) is 0 Å². The molecule has 6 heteroatoms. The average Bonchev–Trinajstić information content (AvgIpc) is 3.40. The number of rotatable bonds is 22. The molecule has 43 heavy (non-hydrogen) atoms. The van der Waals surface area contributed by atoms with E-state index in [1.54, 1.807) is 6.92 Å². The van der Waals surface area contributed by atoms with E-state index in [1.807, 2.05) is 16.7 Å². The van der Waals surface area contributed by atoms with Crippen molar-refractivity contribution in [2.45, 2.75) is 124 Å². The summed E-state index contributed by atoms with van der Waals surface area (Å²) in [5.74, 6) is 2.02. The number of thioether (sulfide) groups is 1. The predicted octanol–water partition coefficient (Wildman–Crippen LogP) is 11.1. The van der Waals surface area contributed by atoms with Crippen molar-refractivity contribution in [1.82, 2.24) is 4.90 Å². The van der Waals surface area contributed by atoms with Crippen molar-refractivity contribution in [2.75, 3.05) is 23.9 Å². The second-order valence-corrected chi connectivity index (χ2v) is 13.1. The molecule has 0 saturated carbocycles. The summed E-state index contributed by atoms with van der Waals surface area (Å²) < 4.78 is 5.99. The highest BCUT2D eigenvalue weighted by Gasteiger charge is 2.13. The first-order valence-electron chi connectivity index (χ1n) is 16.7. The van der Waals surface area contributed by atoms with Crippen LogP contribution < -0.4 is 9.64 Å². The quantitative estimate of drug-likeness (QED) is 0.117. The molecular formula is C37H57BrN2O2S. The third kappa shape index (κ3) is 15.6. The predicted molar refractivity (Wildman–Crippen MR) is 193 cm³/mol. The Kier molecular flexibility index (Phi) is 19.6. The zero-order valence-corrected chi connectivity index (χ0v) is 29.7. The minimum Gasteiger partial charge on any atom is -0.494 e. The lowest BCUT2D eigenvalue weighted by Gasteiger charge is -2.22. The zero-order chi connectivity index (χ0) is 29.8. The molecule has 0 saturated heterocycles. The van der Waals surface area contributed by atoms with Gasteiger partial charge >= 0.3 is 0 Å². The van der Waals surface area contributed by atoms with E-state index in [-0.39, 0.29) is 22.9 Å². The molecule has 3 rings (SSSR count). The van der Waals surface area contributed by atoms with Gasteiger partial charge in [-0.05, 0) is 60.1 Å². The van der Waals surface area contributed by atoms with E-state index < -0.39 is 0 Å². The Hall–Kier alpha value is -1.92. The molecule has 1 heterocycles. The van der Waals surface area contributed by atoms with Gasteiger partial charge < -0.3 is 14.5 Å². The standard InChI is InChI=1S/C37H56N2O2S.BrH/c1-4-5-6-7-8-9-10-11-12-13-14-15-16-17-28-41-37-24-20-34(21-25-37)26-27-39(33(3)40)36-22-18-35(19-23-36)30-38-29-32(2)42-31-38;/h18-25,29H,4-17,26-28,30-31H2,1-3H3;1H. The summed E-state index contributed by atoms with van der Waals surface area (Å²) in [5.41, 5.74) is 3.44. The number of carbonyl (C=O) groups excluding carboxylic acids is 1. The van der Waals surface area contributed by atoms with Crippen molar-refractivity contribution in [3.05, 3.63) is 70.8 Å². The van der Waals surface area contributed by atoms with Crippen LogP contribution in [0.4, 0.5) is 5.69 Å². The number of halogens is 1. The van der Waals surface area contributed by atoms with Crippen LogP contribution in [0, 0.1) is 0 Å². The zero-order valence-electron chi connectivity index (χ0n) is 27.2. The molecule has 0 radical (unpaired) electrons. The van der Waals surface area contributed by atoms with Gasteiger partial charge in [0.15, 0.2) is 0 Å². The summed E-state index contributed by atoms with van der Waals surface area (Å²) in [7, 11) is 0. The number of benzene rings is 2. The van der Waals surface area contributed by atoms with Gasteiger partial charge in [0.05, 0.1) is 12.5 Å². The summed E-state index contributed by atoms with van der Waals surface area (Å²) in [6, 6.07) is 16.8. The van der Waals surface area contributed by atoms with E-state index in [0.717, 1.165) is 43.3 Å². The smallest absolute Gasteiger partial charge is 0.223 e. The highest BCUT2D eigenvalue weighted by Crippen LogP contribution is 2.26. The van der Waals surface area contributed by atoms with Crippen LogP contribution in [0.3, 0.4) is 0 Å². The molecular weight excluding hydrogens is 616 g/mol. The fourth-order valence-corrected chi connectivity index (χ4v) is 6.33. The minimum atomic E-state index is 0. The molecule has 2 aromatic carbocycles. The molecule has 0 atom stereocenters. The van der Waals surface area contributed by atoms with Gasteiger partial charge in [0, 0.05) is 31.9 Å². The van der Waals surface area contributed by atoms with Crippen LogP contribution in [0.25, 0.3) is 0 Å². The van der Waals surface area contributed by atoms with Crippen molar-refractivity contribution >= 4 is 40.3 Å². The second kappa shape index (κ2) is 22.6. The van der Waals surface area contributed by atoms with Crippen LogP contribution in [0.2, 0.25) is 0 Å². The summed E-state index contributed by atoms with van der Waals surface area (Å²) in [5, 5.41) is 0. The molecule has 4 nitrogen and oxygen atoms in total. The fourth-order valence-electron chi connectivity index (χ4n) is 5.57. The third-order valence-corrected chi connectivity index (χ3v) is 9.17. The number of amides is 1. The van der Waals surface area contributed by atoms with Crippen LogP contribution in [-0.4, -0.2) is 29.8 Å². The lowest BCUT2D eigenvalue weighted by atomic mass is 10.0. The molecule has 0 aromatic heterocycles. The Bertz CT molecular complexity index is 1040. The monoisotopic (exact) mass is 672 g/mol. The van der Waals surface area contributed by atoms with Gasteiger partial charge in [-0.2, -0.15) is 0 Å². The number of allylic oxidation sites excluding steroid dienone is 1. The Morgan fingerprint density at radius 1 is 0.791 bits per heavy atom. The molecule has 1 aliphatic rings. The fraction of sp³-hybridized carbons (Fsp3) is 0.595. The van der Waals surface area contributed by atoms with Crippen molar-refractivity contribution < 1.29 is 9.53 Å². The van der Waals surface area contributed by atoms with E-state index in [1.165, 1.54) is 99.5 Å². The van der Waals surface area contributed by atoms with Gasteiger partial charge in [-0.15, -0.1) is 28.7 Å². The topological polar surface area (TPSA) is 32.8 Å². The van der Waals surface area contributed by atoms with Gasteiger partial charge in [0.2, 0.25) is 5.91 Å². The number of hydrogen-bond donors (Lipinski definition) is 0. The van der Waals surface area contributed by atoms with Gasteiger partial charge in [-0.25, -0.2) is 0 Å². The maximum Gasteiger partial charge on any atom is 0.223 e. The Balaban J connectivity index is 0.00000645. The molecule has 1 aliphatic heterocycles. The maximum atomic E-state index is 12.4. The van der Waals surface area contributed by atoms with Crippen LogP contribution in [0.15, 0.2) is 59.6 Å². The first-order valence-corrected chi connectivity index (χ1v) is 17.7. The molecule has 0 bridgehead atoms. The summed E-state index contributed by atoms with van der Waals surface area (Å²) in [6.07, 6.45) is 22.2. The number of anilines is 1. The van der Waals surface area contributed by atoms with E-state index in [4.69, 9.17) is 4.74 Å². The van der Waals surface area contributed by atoms with E-state index in [2.05, 4.69) is 73.5 Å². The van der Waals surface area contributed by atoms with E-state index >= 15 is 0 Å². The van der Waals surface area contributed by atoms with Gasteiger partial charge in [-0.3, -0.25) is 4.79 Å². The van der Waals surface area contributed by atoms with Crippen molar-refractivity contribution in [1.29, 1.82) is 0 Å². The van der Waals surface area contributed by atoms with Crippen LogP contribution >= 0.6 is 28.7 Å². The number of carbonyl (C=O) groups is 1. The molecule has 0 aliphatic carbocycles. The van der Waals surface area contributed by atoms with Gasteiger partial charge in [-0.1, -0.05) is 115 Å². The minimum absolute atomic E-state index is 0. The Morgan fingerprint density at radius 2 is 1.33 bits per heavy atom. The maximum absolute atomic E-state index is 12.4. The Morgan fingerprint density at radius 3 is 1.84 bits per heavy atom. The Labute approximate surface area is 277 Å². The number of nitrogens with zero attached hydrogens (tertiary/aromatic N) is 2. The highest BCUT2D eigenvalue weighted by molar-refractivity contribution is 8.93. The molecule has 0 N–H and O–H groups in total. The number of ether oxygens (including phenoxy) is 1. The highest BCUT2D eigenvalue weighted by atomic mass is 79.9. The molecule has 2 aromatic rings. The number of hydrogen-bond acceptors (Lipinski definition) is 4. The van der Waals surface area contributed by atoms with Crippen molar-refractivity contribution in [3.8, 4) is 5.75 Å². The van der Waals surface area contributed by atoms with Crippen LogP contribution in [-0.2, 0) is 17.8 Å². The van der Waals surface area contributed by atoms with Crippen molar-refractivity contribution in [2.24, 2.45) is 0 Å². The second-order valence-electron chi connectivity index (χ2n) is 11.9. The summed E-state index contributed by atoms with van der Waals surface area (Å²) in [4.78, 5) is 18.0. The summed E-state index contributed by atoms with van der Waals surface area (Å²) >= 11 is 1.88. The van der Waals surface area contributed by atoms with E-state index in [0.29, 0.717) is 6.54 Å². The SMILES string of the molecule is Br.CCCCCCCCCCCCCCCCOc1ccc(CCN(C(C)=O)c2ccc(CN3C=C(C)SC3)cc2)cc1. The largest absolute Gasteiger partial charge is 0.494 e. The molecule has 1 amide bonds. The lowest BCUT2D eigenvalue weighted by molar-refractivity contribution is -0.116. The lowest BCUT2D eigenvalue weighted by Crippen LogP contribution is -2.30. The third-order valence-electron chi connectivity index (χ3n) is 8.15. The average molecular weight is 674 g/mol. The molecule has 0 unspecified atom stereocenters. The molecule has 0 spiro atoms. The van der Waals surface area contributed by atoms with Crippen LogP contribution in [0.1, 0.15) is 122 Å². The van der Waals surface area contributed by atoms with Crippen molar-refractivity contribution in [3.63, 3.8) is 0 Å². The van der Waals surface area contributed by atoms with Crippen LogP contribution in [0.5, 0.6) is 5.75 Å². The number of unbranched alkanes of at least 4 members (excludes halogenated alkanes) is 13. The first kappa shape index (κ1) is 37.3. The normalized spacial score (nSPS) is 12.6. The van der Waals surface area contributed by atoms with E-state index in [9.17, 15) is 4.79 Å². The van der Waals surface area contributed by atoms with Gasteiger partial charge in [0.1, 0.15) is 5.75 Å².